The summed E-state index contributed by atoms with van der Waals surface area (Å²) in [5, 5.41) is 3.82. The lowest BCUT2D eigenvalue weighted by Gasteiger charge is -2.49. The molecule has 0 aromatic heterocycles. The van der Waals surface area contributed by atoms with Crippen molar-refractivity contribution in [1.82, 2.24) is 5.32 Å². The normalized spacial score (nSPS) is 39.4. The van der Waals surface area contributed by atoms with Crippen LogP contribution in [0.1, 0.15) is 51.9 Å². The number of hydrogen-bond donors (Lipinski definition) is 2. The molecule has 2 rings (SSSR count). The lowest BCUT2D eigenvalue weighted by atomic mass is 9.68. The van der Waals surface area contributed by atoms with E-state index in [-0.39, 0.29) is 0 Å². The predicted octanol–water partition coefficient (Wildman–Crippen LogP) is 2.04. The minimum Gasteiger partial charge on any atom is -0.329 e. The number of hydrogen-bond acceptors (Lipinski definition) is 2. The predicted molar refractivity (Wildman–Crippen MR) is 60.2 cm³/mol. The Morgan fingerprint density at radius 1 is 1.21 bits per heavy atom. The fraction of sp³-hybridized carbons (Fsp3) is 1.00. The van der Waals surface area contributed by atoms with Crippen molar-refractivity contribution in [2.75, 3.05) is 6.54 Å². The third-order valence-corrected chi connectivity index (χ3v) is 3.98. The van der Waals surface area contributed by atoms with E-state index in [9.17, 15) is 0 Å². The lowest BCUT2D eigenvalue weighted by Crippen LogP contribution is -2.62. The SMILES string of the molecule is CC1CC(CN)(NC2CCCCC2)C1. The van der Waals surface area contributed by atoms with E-state index < -0.39 is 0 Å². The molecule has 2 aliphatic carbocycles. The summed E-state index contributed by atoms with van der Waals surface area (Å²) in [6.45, 7) is 3.16. The standard InChI is InChI=1S/C12H24N2/c1-10-7-12(8-10,9-13)14-11-5-3-2-4-6-11/h10-11,14H,2-9,13H2,1H3. The molecule has 0 heterocycles. The Morgan fingerprint density at radius 3 is 2.36 bits per heavy atom. The summed E-state index contributed by atoms with van der Waals surface area (Å²) in [4.78, 5) is 0. The van der Waals surface area contributed by atoms with Gasteiger partial charge in [-0.05, 0) is 31.6 Å². The Bertz CT molecular complexity index is 179. The van der Waals surface area contributed by atoms with Crippen LogP contribution < -0.4 is 11.1 Å². The summed E-state index contributed by atoms with van der Waals surface area (Å²) >= 11 is 0. The van der Waals surface area contributed by atoms with Crippen molar-refractivity contribution >= 4 is 0 Å². The van der Waals surface area contributed by atoms with E-state index in [4.69, 9.17) is 5.73 Å². The second-order valence-electron chi connectivity index (χ2n) is 5.48. The van der Waals surface area contributed by atoms with Gasteiger partial charge >= 0.3 is 0 Å². The summed E-state index contributed by atoms with van der Waals surface area (Å²) in [6, 6.07) is 0.764. The molecule has 0 unspecified atom stereocenters. The van der Waals surface area contributed by atoms with Gasteiger partial charge in [0.05, 0.1) is 0 Å². The zero-order chi connectivity index (χ0) is 10.0. The lowest BCUT2D eigenvalue weighted by molar-refractivity contribution is 0.0996. The first kappa shape index (κ1) is 10.4. The Balaban J connectivity index is 1.82. The molecule has 82 valence electrons. The molecular weight excluding hydrogens is 172 g/mol. The zero-order valence-corrected chi connectivity index (χ0v) is 9.39. The average molecular weight is 196 g/mol. The van der Waals surface area contributed by atoms with Crippen molar-refractivity contribution in [3.8, 4) is 0 Å². The molecule has 0 amide bonds. The summed E-state index contributed by atoms with van der Waals surface area (Å²) < 4.78 is 0. The molecule has 0 atom stereocenters. The van der Waals surface area contributed by atoms with Crippen molar-refractivity contribution in [2.45, 2.75) is 63.5 Å². The molecule has 0 aromatic rings. The molecule has 2 saturated carbocycles. The van der Waals surface area contributed by atoms with Gasteiger partial charge in [-0.3, -0.25) is 0 Å². The van der Waals surface area contributed by atoms with Crippen molar-refractivity contribution in [1.29, 1.82) is 0 Å². The van der Waals surface area contributed by atoms with E-state index in [0.29, 0.717) is 5.54 Å². The van der Waals surface area contributed by atoms with Crippen LogP contribution in [0.15, 0.2) is 0 Å². The molecule has 0 bridgehead atoms. The highest BCUT2D eigenvalue weighted by Gasteiger charge is 2.41. The molecule has 3 N–H and O–H groups in total. The molecule has 0 aliphatic heterocycles. The molecule has 0 radical (unpaired) electrons. The maximum Gasteiger partial charge on any atom is 0.0311 e. The fourth-order valence-electron chi connectivity index (χ4n) is 3.30. The van der Waals surface area contributed by atoms with Gasteiger partial charge < -0.3 is 11.1 Å². The highest BCUT2D eigenvalue weighted by molar-refractivity contribution is 5.02. The second-order valence-corrected chi connectivity index (χ2v) is 5.48. The van der Waals surface area contributed by atoms with Gasteiger partial charge in [0.25, 0.3) is 0 Å². The number of nitrogens with one attached hydrogen (secondary N) is 1. The van der Waals surface area contributed by atoms with Gasteiger partial charge in [0.15, 0.2) is 0 Å². The molecule has 0 spiro atoms. The molecule has 2 nitrogen and oxygen atoms in total. The second kappa shape index (κ2) is 4.19. The van der Waals surface area contributed by atoms with E-state index in [1.807, 2.05) is 0 Å². The van der Waals surface area contributed by atoms with Crippen LogP contribution in [0.5, 0.6) is 0 Å². The maximum absolute atomic E-state index is 5.89. The van der Waals surface area contributed by atoms with Crippen LogP contribution in [-0.4, -0.2) is 18.1 Å². The largest absolute Gasteiger partial charge is 0.329 e. The van der Waals surface area contributed by atoms with Crippen LogP contribution in [-0.2, 0) is 0 Å². The molecule has 2 fully saturated rings. The molecule has 0 aromatic carbocycles. The Kier molecular flexibility index (Phi) is 3.13. The summed E-state index contributed by atoms with van der Waals surface area (Å²) in [5.41, 5.74) is 6.21. The quantitative estimate of drug-likeness (QED) is 0.725. The van der Waals surface area contributed by atoms with Crippen LogP contribution in [0.25, 0.3) is 0 Å². The topological polar surface area (TPSA) is 38.0 Å². The fourth-order valence-corrected chi connectivity index (χ4v) is 3.30. The van der Waals surface area contributed by atoms with Crippen LogP contribution in [0.4, 0.5) is 0 Å². The smallest absolute Gasteiger partial charge is 0.0311 e. The molecule has 14 heavy (non-hydrogen) atoms. The Labute approximate surface area is 87.6 Å². The van der Waals surface area contributed by atoms with E-state index >= 15 is 0 Å². The van der Waals surface area contributed by atoms with E-state index in [1.54, 1.807) is 0 Å². The Hall–Kier alpha value is -0.0800. The summed E-state index contributed by atoms with van der Waals surface area (Å²) in [7, 11) is 0. The first-order valence-corrected chi connectivity index (χ1v) is 6.22. The molecular formula is C12H24N2. The third kappa shape index (κ3) is 2.12. The van der Waals surface area contributed by atoms with Gasteiger partial charge in [0.1, 0.15) is 0 Å². The molecule has 2 aliphatic rings. The minimum atomic E-state index is 0.321. The van der Waals surface area contributed by atoms with Crippen molar-refractivity contribution in [2.24, 2.45) is 11.7 Å². The summed E-state index contributed by atoms with van der Waals surface area (Å²) in [5.74, 6) is 0.884. The first-order chi connectivity index (χ1) is 6.74. The van der Waals surface area contributed by atoms with Crippen molar-refractivity contribution in [3.05, 3.63) is 0 Å². The van der Waals surface area contributed by atoms with Crippen LogP contribution in [0, 0.1) is 5.92 Å². The highest BCUT2D eigenvalue weighted by atomic mass is 15.0. The van der Waals surface area contributed by atoms with Gasteiger partial charge in [-0.2, -0.15) is 0 Å². The van der Waals surface area contributed by atoms with Crippen molar-refractivity contribution < 1.29 is 0 Å². The number of rotatable bonds is 3. The minimum absolute atomic E-state index is 0.321. The van der Waals surface area contributed by atoms with Crippen molar-refractivity contribution in [3.63, 3.8) is 0 Å². The summed E-state index contributed by atoms with van der Waals surface area (Å²) in [6.07, 6.45) is 9.58. The molecule has 0 saturated heterocycles. The van der Waals surface area contributed by atoms with Gasteiger partial charge in [0.2, 0.25) is 0 Å². The number of nitrogens with two attached hydrogens (primary N) is 1. The molecule has 2 heteroatoms. The van der Waals surface area contributed by atoms with E-state index in [1.165, 1.54) is 44.9 Å². The van der Waals surface area contributed by atoms with Gasteiger partial charge in [-0.15, -0.1) is 0 Å². The third-order valence-electron chi connectivity index (χ3n) is 3.98. The van der Waals surface area contributed by atoms with Gasteiger partial charge in [-0.1, -0.05) is 26.2 Å². The van der Waals surface area contributed by atoms with Crippen LogP contribution in [0.2, 0.25) is 0 Å². The Morgan fingerprint density at radius 2 is 1.86 bits per heavy atom. The maximum atomic E-state index is 5.89. The van der Waals surface area contributed by atoms with Gasteiger partial charge in [0, 0.05) is 18.1 Å². The average Bonchev–Trinajstić information content (AvgIpc) is 2.16. The highest BCUT2D eigenvalue weighted by Crippen LogP contribution is 2.38. The van der Waals surface area contributed by atoms with Crippen LogP contribution in [0.3, 0.4) is 0 Å². The van der Waals surface area contributed by atoms with E-state index in [2.05, 4.69) is 12.2 Å². The van der Waals surface area contributed by atoms with Crippen LogP contribution >= 0.6 is 0 Å². The zero-order valence-electron chi connectivity index (χ0n) is 9.39. The van der Waals surface area contributed by atoms with Gasteiger partial charge in [-0.25, -0.2) is 0 Å². The van der Waals surface area contributed by atoms with E-state index in [0.717, 1.165) is 18.5 Å². The first-order valence-electron chi connectivity index (χ1n) is 6.22. The monoisotopic (exact) mass is 196 g/mol.